The van der Waals surface area contributed by atoms with E-state index in [1.807, 2.05) is 11.6 Å². The van der Waals surface area contributed by atoms with Gasteiger partial charge in [0.25, 0.3) is 0 Å². The predicted molar refractivity (Wildman–Crippen MR) is 65.6 cm³/mol. The Morgan fingerprint density at radius 2 is 2.24 bits per heavy atom. The van der Waals surface area contributed by atoms with Gasteiger partial charge in [-0.05, 0) is 6.07 Å². The van der Waals surface area contributed by atoms with Crippen LogP contribution in [0.25, 0.3) is 22.7 Å². The van der Waals surface area contributed by atoms with Crippen molar-refractivity contribution in [1.29, 1.82) is 0 Å². The van der Waals surface area contributed by atoms with Gasteiger partial charge in [-0.15, -0.1) is 0 Å². The number of fused-ring (bicyclic) bond motifs is 1. The molecule has 86 valence electrons. The van der Waals surface area contributed by atoms with Gasteiger partial charge in [-0.2, -0.15) is 0 Å². The van der Waals surface area contributed by atoms with Gasteiger partial charge in [0.05, 0.1) is 23.2 Å². The lowest BCUT2D eigenvalue weighted by Gasteiger charge is -1.94. The quantitative estimate of drug-likeness (QED) is 0.672. The molecule has 0 spiro atoms. The van der Waals surface area contributed by atoms with Crippen LogP contribution in [0.2, 0.25) is 5.02 Å². The standard InChI is InChI=1S/C11H9ClN4O/c1-16-5-14-4-9(16)11-15-8-2-6(12)7(13)3-10(8)17-11/h2-5H,13H2,1H3. The van der Waals surface area contributed by atoms with Gasteiger partial charge in [-0.25, -0.2) is 9.97 Å². The van der Waals surface area contributed by atoms with Gasteiger partial charge in [-0.1, -0.05) is 11.6 Å². The number of imidazole rings is 1. The lowest BCUT2D eigenvalue weighted by molar-refractivity contribution is 0.612. The minimum Gasteiger partial charge on any atom is -0.435 e. The second kappa shape index (κ2) is 3.49. The van der Waals surface area contributed by atoms with Crippen molar-refractivity contribution in [1.82, 2.24) is 14.5 Å². The Kier molecular flexibility index (Phi) is 2.09. The molecule has 0 atom stereocenters. The molecule has 3 aromatic rings. The summed E-state index contributed by atoms with van der Waals surface area (Å²) in [5, 5.41) is 0.474. The summed E-state index contributed by atoms with van der Waals surface area (Å²) in [5.74, 6) is 0.502. The van der Waals surface area contributed by atoms with Crippen molar-refractivity contribution in [3.63, 3.8) is 0 Å². The van der Waals surface area contributed by atoms with Crippen molar-refractivity contribution in [2.75, 3.05) is 5.73 Å². The fraction of sp³-hybridized carbons (Fsp3) is 0.0909. The Bertz CT molecular complexity index is 662. The average Bonchev–Trinajstić information content (AvgIpc) is 2.85. The molecule has 0 saturated carbocycles. The van der Waals surface area contributed by atoms with Crippen molar-refractivity contribution in [2.24, 2.45) is 7.05 Å². The van der Waals surface area contributed by atoms with E-state index in [4.69, 9.17) is 21.8 Å². The summed E-state index contributed by atoms with van der Waals surface area (Å²) in [6.45, 7) is 0. The summed E-state index contributed by atoms with van der Waals surface area (Å²) >= 11 is 5.93. The molecule has 6 heteroatoms. The maximum Gasteiger partial charge on any atom is 0.245 e. The van der Waals surface area contributed by atoms with E-state index >= 15 is 0 Å². The van der Waals surface area contributed by atoms with Gasteiger partial charge < -0.3 is 14.7 Å². The average molecular weight is 249 g/mol. The Balaban J connectivity index is 2.24. The van der Waals surface area contributed by atoms with Crippen LogP contribution in [0, 0.1) is 0 Å². The molecule has 0 radical (unpaired) electrons. The van der Waals surface area contributed by atoms with E-state index in [-0.39, 0.29) is 0 Å². The van der Waals surface area contributed by atoms with Crippen LogP contribution >= 0.6 is 11.6 Å². The fourth-order valence-corrected chi connectivity index (χ4v) is 1.79. The maximum atomic E-state index is 5.93. The van der Waals surface area contributed by atoms with Gasteiger partial charge in [0, 0.05) is 13.1 Å². The number of anilines is 1. The molecular formula is C11H9ClN4O. The fourth-order valence-electron chi connectivity index (χ4n) is 1.64. The zero-order valence-electron chi connectivity index (χ0n) is 9.01. The molecule has 0 amide bonds. The molecule has 0 fully saturated rings. The van der Waals surface area contributed by atoms with Crippen molar-refractivity contribution < 1.29 is 4.42 Å². The van der Waals surface area contributed by atoms with Crippen LogP contribution in [-0.2, 0) is 7.05 Å². The second-order valence-corrected chi connectivity index (χ2v) is 4.16. The summed E-state index contributed by atoms with van der Waals surface area (Å²) < 4.78 is 7.45. The number of rotatable bonds is 1. The number of nitrogens with two attached hydrogens (primary N) is 1. The van der Waals surface area contributed by atoms with Crippen LogP contribution in [0.3, 0.4) is 0 Å². The lowest BCUT2D eigenvalue weighted by Crippen LogP contribution is -1.88. The van der Waals surface area contributed by atoms with E-state index in [0.717, 1.165) is 5.69 Å². The van der Waals surface area contributed by atoms with Crippen LogP contribution in [0.1, 0.15) is 0 Å². The number of aromatic nitrogens is 3. The van der Waals surface area contributed by atoms with Crippen molar-refractivity contribution in [3.05, 3.63) is 29.7 Å². The Morgan fingerprint density at radius 1 is 1.41 bits per heavy atom. The van der Waals surface area contributed by atoms with Crippen LogP contribution in [0.15, 0.2) is 29.1 Å². The van der Waals surface area contributed by atoms with E-state index in [2.05, 4.69) is 9.97 Å². The summed E-state index contributed by atoms with van der Waals surface area (Å²) in [4.78, 5) is 8.37. The monoisotopic (exact) mass is 248 g/mol. The van der Waals surface area contributed by atoms with Crippen LogP contribution in [0.4, 0.5) is 5.69 Å². The first-order valence-electron chi connectivity index (χ1n) is 4.97. The first-order valence-corrected chi connectivity index (χ1v) is 5.35. The summed E-state index contributed by atoms with van der Waals surface area (Å²) in [6, 6.07) is 3.36. The molecule has 2 aromatic heterocycles. The summed E-state index contributed by atoms with van der Waals surface area (Å²) in [5.41, 5.74) is 8.28. The topological polar surface area (TPSA) is 69.9 Å². The minimum atomic E-state index is 0.474. The van der Waals surface area contributed by atoms with Crippen molar-refractivity contribution in [2.45, 2.75) is 0 Å². The highest BCUT2D eigenvalue weighted by Crippen LogP contribution is 2.29. The van der Waals surface area contributed by atoms with Crippen LogP contribution < -0.4 is 5.73 Å². The largest absolute Gasteiger partial charge is 0.435 e. The summed E-state index contributed by atoms with van der Waals surface area (Å²) in [6.07, 6.45) is 3.38. The van der Waals surface area contributed by atoms with Gasteiger partial charge in [0.2, 0.25) is 5.89 Å². The highest BCUT2D eigenvalue weighted by atomic mass is 35.5. The Hall–Kier alpha value is -2.01. The molecular weight excluding hydrogens is 240 g/mol. The molecule has 17 heavy (non-hydrogen) atoms. The lowest BCUT2D eigenvalue weighted by atomic mass is 10.3. The van der Waals surface area contributed by atoms with Gasteiger partial charge in [0.1, 0.15) is 11.2 Å². The first-order chi connectivity index (χ1) is 8.15. The molecule has 2 heterocycles. The minimum absolute atomic E-state index is 0.474. The highest BCUT2D eigenvalue weighted by Gasteiger charge is 2.12. The zero-order valence-corrected chi connectivity index (χ0v) is 9.77. The smallest absolute Gasteiger partial charge is 0.245 e. The van der Waals surface area contributed by atoms with E-state index in [9.17, 15) is 0 Å². The third-order valence-corrected chi connectivity index (χ3v) is 2.87. The van der Waals surface area contributed by atoms with E-state index < -0.39 is 0 Å². The normalized spacial score (nSPS) is 11.2. The number of nitrogens with zero attached hydrogens (tertiary/aromatic N) is 3. The molecule has 5 nitrogen and oxygen atoms in total. The van der Waals surface area contributed by atoms with Crippen molar-refractivity contribution in [3.8, 4) is 11.6 Å². The van der Waals surface area contributed by atoms with Gasteiger partial charge in [-0.3, -0.25) is 0 Å². The van der Waals surface area contributed by atoms with Crippen LogP contribution in [-0.4, -0.2) is 14.5 Å². The number of oxazole rings is 1. The number of hydrogen-bond donors (Lipinski definition) is 1. The summed E-state index contributed by atoms with van der Waals surface area (Å²) in [7, 11) is 1.87. The number of halogens is 1. The molecule has 0 aliphatic rings. The molecule has 1 aromatic carbocycles. The number of aryl methyl sites for hydroxylation is 1. The molecule has 0 aliphatic heterocycles. The molecule has 0 aliphatic carbocycles. The maximum absolute atomic E-state index is 5.93. The van der Waals surface area contributed by atoms with Gasteiger partial charge >= 0.3 is 0 Å². The third kappa shape index (κ3) is 1.55. The Morgan fingerprint density at radius 3 is 2.94 bits per heavy atom. The second-order valence-electron chi connectivity index (χ2n) is 3.75. The van der Waals surface area contributed by atoms with Gasteiger partial charge in [0.15, 0.2) is 5.58 Å². The van der Waals surface area contributed by atoms with E-state index in [0.29, 0.717) is 27.7 Å². The third-order valence-electron chi connectivity index (χ3n) is 2.54. The molecule has 3 rings (SSSR count). The SMILES string of the molecule is Cn1cncc1-c1nc2cc(Cl)c(N)cc2o1. The van der Waals surface area contributed by atoms with Crippen LogP contribution in [0.5, 0.6) is 0 Å². The van der Waals surface area contributed by atoms with E-state index in [1.54, 1.807) is 24.7 Å². The highest BCUT2D eigenvalue weighted by molar-refractivity contribution is 6.33. The van der Waals surface area contributed by atoms with Crippen molar-refractivity contribution >= 4 is 28.4 Å². The zero-order chi connectivity index (χ0) is 12.0. The van der Waals surface area contributed by atoms with E-state index in [1.165, 1.54) is 0 Å². The molecule has 0 bridgehead atoms. The first kappa shape index (κ1) is 10.2. The number of hydrogen-bond acceptors (Lipinski definition) is 4. The number of benzene rings is 1. The Labute approximate surface area is 102 Å². The molecule has 0 unspecified atom stereocenters. The number of nitrogen functional groups attached to an aromatic ring is 1. The predicted octanol–water partition coefficient (Wildman–Crippen LogP) is 2.46. The molecule has 2 N–H and O–H groups in total. The molecule has 0 saturated heterocycles.